The fraction of sp³-hybridized carbons (Fsp3) is 0.500. The predicted molar refractivity (Wildman–Crippen MR) is 132 cm³/mol. The summed E-state index contributed by atoms with van der Waals surface area (Å²) in [4.78, 5) is 12.5. The van der Waals surface area contributed by atoms with Crippen molar-refractivity contribution in [2.45, 2.75) is 86.0 Å². The molecular formula is C26H27F7N2O5S. The fourth-order valence-electron chi connectivity index (χ4n) is 5.34. The van der Waals surface area contributed by atoms with Crippen LogP contribution in [0, 0.1) is 5.82 Å². The second-order valence-corrected chi connectivity index (χ2v) is 12.0. The molecule has 15 heteroatoms. The van der Waals surface area contributed by atoms with Gasteiger partial charge in [0.05, 0.1) is 28.8 Å². The lowest BCUT2D eigenvalue weighted by Gasteiger charge is -2.39. The number of carbonyl (C=O) groups excluding carboxylic acids is 1. The SMILES string of the molecule is O=C(C[C@@H]1CCc2cc(C(O)(C(F)(F)F)C(F)(F)F)ccc2N1S(=O)(=O)c1ccc(F)cc1)N[C@H]1CCCC[C@@H]1O. The zero-order chi connectivity index (χ0) is 30.4. The van der Waals surface area contributed by atoms with Crippen LogP contribution in [-0.2, 0) is 26.8 Å². The van der Waals surface area contributed by atoms with Crippen molar-refractivity contribution in [2.75, 3.05) is 4.31 Å². The van der Waals surface area contributed by atoms with Gasteiger partial charge in [0.25, 0.3) is 15.6 Å². The Kier molecular flexibility index (Phi) is 8.37. The van der Waals surface area contributed by atoms with Crippen LogP contribution < -0.4 is 9.62 Å². The maximum atomic E-state index is 13.7. The van der Waals surface area contributed by atoms with Gasteiger partial charge in [-0.1, -0.05) is 25.0 Å². The Morgan fingerprint density at radius 2 is 1.56 bits per heavy atom. The maximum Gasteiger partial charge on any atom is 0.430 e. The van der Waals surface area contributed by atoms with Crippen LogP contribution in [0.5, 0.6) is 0 Å². The molecule has 1 aliphatic heterocycles. The minimum atomic E-state index is -6.14. The van der Waals surface area contributed by atoms with Gasteiger partial charge in [-0.3, -0.25) is 9.10 Å². The number of benzene rings is 2. The Morgan fingerprint density at radius 1 is 0.951 bits per heavy atom. The molecule has 2 aliphatic rings. The third-order valence-corrected chi connectivity index (χ3v) is 9.38. The molecule has 0 aromatic heterocycles. The summed E-state index contributed by atoms with van der Waals surface area (Å²) < 4.78 is 123. The molecule has 0 bridgehead atoms. The molecule has 4 rings (SSSR count). The van der Waals surface area contributed by atoms with Crippen LogP contribution in [0.15, 0.2) is 47.4 Å². The Bertz CT molecular complexity index is 1370. The van der Waals surface area contributed by atoms with Crippen LogP contribution >= 0.6 is 0 Å². The van der Waals surface area contributed by atoms with Crippen LogP contribution in [0.2, 0.25) is 0 Å². The van der Waals surface area contributed by atoms with E-state index in [0.717, 1.165) is 47.5 Å². The lowest BCUT2D eigenvalue weighted by molar-refractivity contribution is -0.376. The molecule has 0 unspecified atom stereocenters. The minimum Gasteiger partial charge on any atom is -0.391 e. The van der Waals surface area contributed by atoms with Crippen molar-refractivity contribution in [3.05, 3.63) is 59.4 Å². The number of nitrogens with zero attached hydrogens (tertiary/aromatic N) is 1. The fourth-order valence-corrected chi connectivity index (χ4v) is 7.06. The number of aliphatic hydroxyl groups is 2. The van der Waals surface area contributed by atoms with Gasteiger partial charge in [-0.25, -0.2) is 12.8 Å². The van der Waals surface area contributed by atoms with Crippen LogP contribution in [0.3, 0.4) is 0 Å². The lowest BCUT2D eigenvalue weighted by atomic mass is 9.87. The van der Waals surface area contributed by atoms with Gasteiger partial charge in [0, 0.05) is 12.0 Å². The molecule has 3 atom stereocenters. The number of fused-ring (bicyclic) bond motifs is 1. The number of amides is 1. The van der Waals surface area contributed by atoms with Gasteiger partial charge in [-0.2, -0.15) is 26.3 Å². The van der Waals surface area contributed by atoms with E-state index in [9.17, 15) is 54.2 Å². The summed E-state index contributed by atoms with van der Waals surface area (Å²) in [6, 6.07) is 3.45. The lowest BCUT2D eigenvalue weighted by Crippen LogP contribution is -2.54. The number of sulfonamides is 1. The van der Waals surface area contributed by atoms with Crippen LogP contribution in [-0.4, -0.2) is 55.1 Å². The van der Waals surface area contributed by atoms with Crippen LogP contribution in [0.25, 0.3) is 0 Å². The number of hydrogen-bond acceptors (Lipinski definition) is 5. The molecular weight excluding hydrogens is 585 g/mol. The molecule has 1 fully saturated rings. The number of aliphatic hydroxyl groups excluding tert-OH is 1. The van der Waals surface area contributed by atoms with Crippen molar-refractivity contribution in [2.24, 2.45) is 0 Å². The summed E-state index contributed by atoms with van der Waals surface area (Å²) in [5.74, 6) is -1.36. The van der Waals surface area contributed by atoms with Crippen molar-refractivity contribution in [3.8, 4) is 0 Å². The summed E-state index contributed by atoms with van der Waals surface area (Å²) in [5, 5.41) is 22.7. The van der Waals surface area contributed by atoms with Crippen molar-refractivity contribution in [1.82, 2.24) is 5.32 Å². The molecule has 2 aromatic rings. The van der Waals surface area contributed by atoms with E-state index in [4.69, 9.17) is 0 Å². The van der Waals surface area contributed by atoms with Gasteiger partial charge in [0.15, 0.2) is 0 Å². The van der Waals surface area contributed by atoms with Crippen LogP contribution in [0.4, 0.5) is 36.4 Å². The molecule has 7 nitrogen and oxygen atoms in total. The molecule has 2 aromatic carbocycles. The average molecular weight is 613 g/mol. The molecule has 3 N–H and O–H groups in total. The van der Waals surface area contributed by atoms with Gasteiger partial charge in [-0.15, -0.1) is 0 Å². The highest BCUT2D eigenvalue weighted by atomic mass is 32.2. The molecule has 1 amide bonds. The Labute approximate surface area is 231 Å². The smallest absolute Gasteiger partial charge is 0.391 e. The summed E-state index contributed by atoms with van der Waals surface area (Å²) in [5.41, 5.74) is -7.28. The number of nitrogens with one attached hydrogen (secondary N) is 1. The van der Waals surface area contributed by atoms with E-state index in [1.807, 2.05) is 0 Å². The number of rotatable bonds is 6. The monoisotopic (exact) mass is 612 g/mol. The van der Waals surface area contributed by atoms with Crippen molar-refractivity contribution >= 4 is 21.6 Å². The van der Waals surface area contributed by atoms with E-state index in [1.54, 1.807) is 0 Å². The topological polar surface area (TPSA) is 107 Å². The predicted octanol–water partition coefficient (Wildman–Crippen LogP) is 4.46. The number of aryl methyl sites for hydroxylation is 1. The highest BCUT2D eigenvalue weighted by Gasteiger charge is 2.71. The minimum absolute atomic E-state index is 0.173. The summed E-state index contributed by atoms with van der Waals surface area (Å²) in [6.45, 7) is 0. The first-order chi connectivity index (χ1) is 19.0. The zero-order valence-electron chi connectivity index (χ0n) is 21.3. The van der Waals surface area contributed by atoms with Crippen LogP contribution in [0.1, 0.15) is 49.7 Å². The Balaban J connectivity index is 1.75. The first-order valence-corrected chi connectivity index (χ1v) is 14.2. The van der Waals surface area contributed by atoms with Gasteiger partial charge in [-0.05, 0) is 61.6 Å². The highest BCUT2D eigenvalue weighted by Crippen LogP contribution is 2.51. The van der Waals surface area contributed by atoms with Gasteiger partial charge in [0.1, 0.15) is 5.82 Å². The number of halogens is 7. The van der Waals surface area contributed by atoms with E-state index >= 15 is 0 Å². The molecule has 1 aliphatic carbocycles. The standard InChI is InChI=1S/C26H27F7N2O5S/c27-17-7-10-19(11-8-17)41(39,40)35-18(14-23(37)34-20-3-1-2-4-22(20)36)9-5-15-13-16(6-12-21(15)35)24(38,25(28,29)30)26(31,32)33/h6-8,10-13,18,20,22,36,38H,1-5,9,14H2,(H,34,37)/t18-,20-,22-/m0/s1. The van der Waals surface area contributed by atoms with E-state index in [1.165, 1.54) is 0 Å². The number of hydrogen-bond donors (Lipinski definition) is 3. The summed E-state index contributed by atoms with van der Waals surface area (Å²) in [7, 11) is -4.61. The van der Waals surface area contributed by atoms with Gasteiger partial charge >= 0.3 is 12.4 Å². The Morgan fingerprint density at radius 3 is 2.15 bits per heavy atom. The second-order valence-electron chi connectivity index (χ2n) is 10.2. The number of carbonyl (C=O) groups is 1. The Hall–Kier alpha value is -2.91. The first-order valence-electron chi connectivity index (χ1n) is 12.7. The quantitative estimate of drug-likeness (QED) is 0.418. The van der Waals surface area contributed by atoms with E-state index < -0.39 is 74.8 Å². The third kappa shape index (κ3) is 5.89. The van der Waals surface area contributed by atoms with E-state index in [2.05, 4.69) is 5.32 Å². The van der Waals surface area contributed by atoms with Crippen molar-refractivity contribution < 1.29 is 54.2 Å². The second kappa shape index (κ2) is 11.1. The summed E-state index contributed by atoms with van der Waals surface area (Å²) >= 11 is 0. The van der Waals surface area contributed by atoms with E-state index in [-0.39, 0.29) is 24.1 Å². The zero-order valence-corrected chi connectivity index (χ0v) is 22.2. The molecule has 226 valence electrons. The largest absolute Gasteiger partial charge is 0.430 e. The number of anilines is 1. The third-order valence-electron chi connectivity index (χ3n) is 7.50. The van der Waals surface area contributed by atoms with Gasteiger partial charge in [0.2, 0.25) is 5.91 Å². The molecule has 1 saturated carbocycles. The molecule has 0 spiro atoms. The normalized spacial score (nSPS) is 22.3. The highest BCUT2D eigenvalue weighted by molar-refractivity contribution is 7.92. The molecule has 0 saturated heterocycles. The average Bonchev–Trinajstić information content (AvgIpc) is 2.88. The van der Waals surface area contributed by atoms with E-state index in [0.29, 0.717) is 25.0 Å². The van der Waals surface area contributed by atoms with Crippen molar-refractivity contribution in [1.29, 1.82) is 0 Å². The van der Waals surface area contributed by atoms with Gasteiger partial charge < -0.3 is 15.5 Å². The molecule has 0 radical (unpaired) electrons. The molecule has 41 heavy (non-hydrogen) atoms. The summed E-state index contributed by atoms with van der Waals surface area (Å²) in [6.07, 6.45) is -11.4. The first kappa shape index (κ1) is 31.0. The van der Waals surface area contributed by atoms with Crippen molar-refractivity contribution in [3.63, 3.8) is 0 Å². The maximum absolute atomic E-state index is 13.7. The molecule has 1 heterocycles. The number of alkyl halides is 6.